The van der Waals surface area contributed by atoms with Gasteiger partial charge in [-0.1, -0.05) is 25.1 Å². The van der Waals surface area contributed by atoms with Crippen molar-refractivity contribution < 1.29 is 18.7 Å². The summed E-state index contributed by atoms with van der Waals surface area (Å²) in [5.74, 6) is 0.0848. The summed E-state index contributed by atoms with van der Waals surface area (Å²) in [7, 11) is 0. The Hall–Kier alpha value is -2.69. The Kier molecular flexibility index (Phi) is 5.07. The SMILES string of the molecule is Cc1ccc(OCC(=O)NC(C)c2ccc(F)cc2)c2c1C(C)CC2=O. The van der Waals surface area contributed by atoms with E-state index in [0.717, 1.165) is 16.7 Å². The van der Waals surface area contributed by atoms with Crippen LogP contribution in [0.4, 0.5) is 4.39 Å². The first-order valence-corrected chi connectivity index (χ1v) is 8.71. The van der Waals surface area contributed by atoms with Crippen molar-refractivity contribution in [1.29, 1.82) is 0 Å². The molecule has 0 saturated carbocycles. The number of fused-ring (bicyclic) bond motifs is 1. The Bertz CT molecular complexity index is 845. The van der Waals surface area contributed by atoms with E-state index in [1.807, 2.05) is 26.8 Å². The number of carbonyl (C=O) groups excluding carboxylic acids is 2. The summed E-state index contributed by atoms with van der Waals surface area (Å²) in [6, 6.07) is 9.39. The maximum absolute atomic E-state index is 13.0. The molecule has 0 fully saturated rings. The predicted molar refractivity (Wildman–Crippen MR) is 97.0 cm³/mol. The van der Waals surface area contributed by atoms with Gasteiger partial charge in [0.2, 0.25) is 0 Å². The van der Waals surface area contributed by atoms with Gasteiger partial charge < -0.3 is 10.1 Å². The Morgan fingerprint density at radius 2 is 1.96 bits per heavy atom. The molecule has 1 N–H and O–H groups in total. The molecule has 2 atom stereocenters. The molecule has 3 rings (SSSR count). The number of hydrogen-bond donors (Lipinski definition) is 1. The Labute approximate surface area is 152 Å². The number of amides is 1. The van der Waals surface area contributed by atoms with E-state index in [1.165, 1.54) is 12.1 Å². The molecule has 0 saturated heterocycles. The zero-order valence-corrected chi connectivity index (χ0v) is 15.1. The van der Waals surface area contributed by atoms with Gasteiger partial charge in [-0.15, -0.1) is 0 Å². The third-order valence-electron chi connectivity index (χ3n) is 4.79. The molecule has 2 aromatic rings. The summed E-state index contributed by atoms with van der Waals surface area (Å²) in [5.41, 5.74) is 3.50. The number of aryl methyl sites for hydroxylation is 1. The highest BCUT2D eigenvalue weighted by molar-refractivity contribution is 6.04. The van der Waals surface area contributed by atoms with Crippen molar-refractivity contribution in [1.82, 2.24) is 5.32 Å². The minimum absolute atomic E-state index is 0.0614. The number of ether oxygens (including phenoxy) is 1. The van der Waals surface area contributed by atoms with Crippen LogP contribution in [0.3, 0.4) is 0 Å². The summed E-state index contributed by atoms with van der Waals surface area (Å²) in [6.07, 6.45) is 0.477. The van der Waals surface area contributed by atoms with Crippen molar-refractivity contribution in [2.24, 2.45) is 0 Å². The Morgan fingerprint density at radius 3 is 2.65 bits per heavy atom. The molecule has 0 spiro atoms. The first-order valence-electron chi connectivity index (χ1n) is 8.71. The zero-order chi connectivity index (χ0) is 18.8. The molecule has 2 aromatic carbocycles. The van der Waals surface area contributed by atoms with Gasteiger partial charge in [-0.25, -0.2) is 4.39 Å². The van der Waals surface area contributed by atoms with E-state index in [2.05, 4.69) is 5.32 Å². The lowest BCUT2D eigenvalue weighted by atomic mass is 9.97. The molecule has 0 aliphatic heterocycles. The van der Waals surface area contributed by atoms with E-state index in [-0.39, 0.29) is 36.1 Å². The molecule has 4 nitrogen and oxygen atoms in total. The van der Waals surface area contributed by atoms with Crippen LogP contribution < -0.4 is 10.1 Å². The lowest BCUT2D eigenvalue weighted by molar-refractivity contribution is -0.123. The van der Waals surface area contributed by atoms with Crippen LogP contribution in [0, 0.1) is 12.7 Å². The second-order valence-corrected chi connectivity index (χ2v) is 6.83. The molecule has 0 radical (unpaired) electrons. The number of benzene rings is 2. The smallest absolute Gasteiger partial charge is 0.258 e. The lowest BCUT2D eigenvalue weighted by Gasteiger charge is -2.16. The minimum atomic E-state index is -0.317. The molecule has 0 heterocycles. The van der Waals surface area contributed by atoms with Gasteiger partial charge in [-0.3, -0.25) is 9.59 Å². The Morgan fingerprint density at radius 1 is 1.27 bits per heavy atom. The van der Waals surface area contributed by atoms with Crippen LogP contribution in [-0.2, 0) is 4.79 Å². The molecule has 26 heavy (non-hydrogen) atoms. The van der Waals surface area contributed by atoms with Gasteiger partial charge in [0.25, 0.3) is 5.91 Å². The number of ketones is 1. The van der Waals surface area contributed by atoms with Crippen LogP contribution in [0.1, 0.15) is 59.3 Å². The second kappa shape index (κ2) is 7.28. The van der Waals surface area contributed by atoms with E-state index in [4.69, 9.17) is 4.74 Å². The van der Waals surface area contributed by atoms with Gasteiger partial charge in [0, 0.05) is 6.42 Å². The minimum Gasteiger partial charge on any atom is -0.483 e. The van der Waals surface area contributed by atoms with Crippen molar-refractivity contribution in [2.45, 2.75) is 39.2 Å². The fourth-order valence-electron chi connectivity index (χ4n) is 3.49. The number of rotatable bonds is 5. The molecular formula is C21H22FNO3. The normalized spacial score (nSPS) is 16.9. The molecule has 2 unspecified atom stereocenters. The van der Waals surface area contributed by atoms with Crippen LogP contribution in [0.2, 0.25) is 0 Å². The molecule has 1 aliphatic carbocycles. The van der Waals surface area contributed by atoms with Crippen LogP contribution in [0.5, 0.6) is 5.75 Å². The summed E-state index contributed by atoms with van der Waals surface area (Å²) < 4.78 is 18.6. The number of halogens is 1. The van der Waals surface area contributed by atoms with Crippen LogP contribution in [-0.4, -0.2) is 18.3 Å². The maximum atomic E-state index is 13.0. The van der Waals surface area contributed by atoms with Crippen LogP contribution in [0.15, 0.2) is 36.4 Å². The van der Waals surface area contributed by atoms with E-state index < -0.39 is 0 Å². The molecule has 5 heteroatoms. The summed E-state index contributed by atoms with van der Waals surface area (Å²) in [5, 5.41) is 2.81. The fourth-order valence-corrected chi connectivity index (χ4v) is 3.49. The average molecular weight is 355 g/mol. The average Bonchev–Trinajstić information content (AvgIpc) is 2.90. The Balaban J connectivity index is 1.65. The first kappa shape index (κ1) is 18.1. The van der Waals surface area contributed by atoms with Crippen molar-refractivity contribution in [3.63, 3.8) is 0 Å². The quantitative estimate of drug-likeness (QED) is 0.879. The van der Waals surface area contributed by atoms with E-state index in [0.29, 0.717) is 17.7 Å². The van der Waals surface area contributed by atoms with Crippen LogP contribution >= 0.6 is 0 Å². The van der Waals surface area contributed by atoms with Gasteiger partial charge >= 0.3 is 0 Å². The maximum Gasteiger partial charge on any atom is 0.258 e. The summed E-state index contributed by atoms with van der Waals surface area (Å²) in [4.78, 5) is 24.5. The lowest BCUT2D eigenvalue weighted by Crippen LogP contribution is -2.31. The fraction of sp³-hybridized carbons (Fsp3) is 0.333. The molecule has 1 amide bonds. The number of Topliss-reactive ketones (excluding diaryl/α,β-unsaturated/α-hetero) is 1. The third-order valence-corrected chi connectivity index (χ3v) is 4.79. The predicted octanol–water partition coefficient (Wildman–Crippen LogP) is 4.08. The standard InChI is InChI=1S/C21H22FNO3/c1-12-4-9-18(21-17(24)10-13(2)20(12)21)26-11-19(25)23-14(3)15-5-7-16(22)8-6-15/h4-9,13-14H,10-11H2,1-3H3,(H,23,25). The van der Waals surface area contributed by atoms with Gasteiger partial charge in [-0.05, 0) is 54.7 Å². The van der Waals surface area contributed by atoms with Crippen LogP contribution in [0.25, 0.3) is 0 Å². The van der Waals surface area contributed by atoms with Gasteiger partial charge in [0.05, 0.1) is 11.6 Å². The highest BCUT2D eigenvalue weighted by Gasteiger charge is 2.31. The monoisotopic (exact) mass is 355 g/mol. The molecule has 0 bridgehead atoms. The molecule has 0 aromatic heterocycles. The number of hydrogen-bond acceptors (Lipinski definition) is 3. The van der Waals surface area contributed by atoms with Gasteiger partial charge in [0.1, 0.15) is 11.6 Å². The van der Waals surface area contributed by atoms with Gasteiger partial charge in [0.15, 0.2) is 12.4 Å². The van der Waals surface area contributed by atoms with Gasteiger partial charge in [-0.2, -0.15) is 0 Å². The largest absolute Gasteiger partial charge is 0.483 e. The van der Waals surface area contributed by atoms with Crippen molar-refractivity contribution in [2.75, 3.05) is 6.61 Å². The summed E-state index contributed by atoms with van der Waals surface area (Å²) in [6.45, 7) is 5.65. The van der Waals surface area contributed by atoms with Crippen molar-refractivity contribution in [3.8, 4) is 5.75 Å². The molecule has 1 aliphatic rings. The van der Waals surface area contributed by atoms with Crippen molar-refractivity contribution in [3.05, 3.63) is 64.5 Å². The van der Waals surface area contributed by atoms with E-state index in [1.54, 1.807) is 18.2 Å². The van der Waals surface area contributed by atoms with Crippen molar-refractivity contribution >= 4 is 11.7 Å². The first-order chi connectivity index (χ1) is 12.4. The topological polar surface area (TPSA) is 55.4 Å². The number of carbonyl (C=O) groups is 2. The molecular weight excluding hydrogens is 333 g/mol. The highest BCUT2D eigenvalue weighted by Crippen LogP contribution is 2.40. The highest BCUT2D eigenvalue weighted by atomic mass is 19.1. The zero-order valence-electron chi connectivity index (χ0n) is 15.1. The number of nitrogens with one attached hydrogen (secondary N) is 1. The molecule has 136 valence electrons. The second-order valence-electron chi connectivity index (χ2n) is 6.83. The van der Waals surface area contributed by atoms with E-state index >= 15 is 0 Å². The summed E-state index contributed by atoms with van der Waals surface area (Å²) >= 11 is 0. The third kappa shape index (κ3) is 3.62. The van der Waals surface area contributed by atoms with E-state index in [9.17, 15) is 14.0 Å².